The van der Waals surface area contributed by atoms with E-state index in [2.05, 4.69) is 62.8 Å². The quantitative estimate of drug-likeness (QED) is 0.837. The van der Waals surface area contributed by atoms with Gasteiger partial charge >= 0.3 is 0 Å². The Labute approximate surface area is 132 Å². The molecule has 0 amide bonds. The highest BCUT2D eigenvalue weighted by Gasteiger charge is 2.31. The first-order chi connectivity index (χ1) is 10.1. The average molecular weight is 351 g/mol. The lowest BCUT2D eigenvalue weighted by atomic mass is 10.2. The molecule has 3 rings (SSSR count). The first-order valence-corrected chi connectivity index (χ1v) is 8.08. The maximum atomic E-state index is 5.35. The largest absolute Gasteiger partial charge is 0.346 e. The third-order valence-corrected chi connectivity index (χ3v) is 4.66. The number of hydrogen-bond acceptors (Lipinski definition) is 5. The van der Waals surface area contributed by atoms with Crippen LogP contribution in [0.3, 0.4) is 0 Å². The molecule has 3 heterocycles. The molecule has 6 heteroatoms. The van der Waals surface area contributed by atoms with Gasteiger partial charge in [-0.1, -0.05) is 19.0 Å². The summed E-state index contributed by atoms with van der Waals surface area (Å²) in [5.41, 5.74) is 1.18. The van der Waals surface area contributed by atoms with Crippen LogP contribution in [0.2, 0.25) is 0 Å². The predicted octanol–water partition coefficient (Wildman–Crippen LogP) is 4.00. The summed E-state index contributed by atoms with van der Waals surface area (Å²) in [6, 6.07) is 2.26. The number of halogens is 1. The fraction of sp³-hybridized carbons (Fsp3) is 0.533. The molecule has 5 nitrogen and oxygen atoms in total. The first-order valence-electron chi connectivity index (χ1n) is 7.28. The van der Waals surface area contributed by atoms with E-state index in [4.69, 9.17) is 4.52 Å². The van der Waals surface area contributed by atoms with Crippen LogP contribution in [0, 0.1) is 6.92 Å². The van der Waals surface area contributed by atoms with Crippen molar-refractivity contribution in [1.29, 1.82) is 0 Å². The van der Waals surface area contributed by atoms with Crippen LogP contribution in [0.4, 0.5) is 5.82 Å². The van der Waals surface area contributed by atoms with Crippen molar-refractivity contribution in [1.82, 2.24) is 15.1 Å². The SMILES string of the molecule is Cc1cc(N2CCCC2c2noc(C(C)C)n2)ncc1Br. The molecule has 0 aromatic carbocycles. The van der Waals surface area contributed by atoms with Crippen LogP contribution in [0.25, 0.3) is 0 Å². The summed E-state index contributed by atoms with van der Waals surface area (Å²) in [7, 11) is 0. The Kier molecular flexibility index (Phi) is 3.97. The van der Waals surface area contributed by atoms with Crippen molar-refractivity contribution < 1.29 is 4.52 Å². The summed E-state index contributed by atoms with van der Waals surface area (Å²) in [5, 5.41) is 4.17. The number of anilines is 1. The molecule has 1 aliphatic heterocycles. The zero-order chi connectivity index (χ0) is 15.0. The normalized spacial score (nSPS) is 18.7. The number of rotatable bonds is 3. The van der Waals surface area contributed by atoms with Gasteiger partial charge in [0.25, 0.3) is 0 Å². The maximum Gasteiger partial charge on any atom is 0.229 e. The van der Waals surface area contributed by atoms with E-state index in [-0.39, 0.29) is 12.0 Å². The standard InChI is InChI=1S/C15H19BrN4O/c1-9(2)15-18-14(19-21-15)12-5-4-6-20(12)13-7-10(3)11(16)8-17-13/h7-9,12H,4-6H2,1-3H3. The number of nitrogens with zero attached hydrogens (tertiary/aromatic N) is 4. The van der Waals surface area contributed by atoms with E-state index < -0.39 is 0 Å². The summed E-state index contributed by atoms with van der Waals surface area (Å²) < 4.78 is 6.38. The molecule has 1 unspecified atom stereocenters. The van der Waals surface area contributed by atoms with Crippen molar-refractivity contribution in [3.63, 3.8) is 0 Å². The Hall–Kier alpha value is -1.43. The van der Waals surface area contributed by atoms with Gasteiger partial charge in [-0.05, 0) is 47.3 Å². The minimum atomic E-state index is 0.161. The molecular formula is C15H19BrN4O. The van der Waals surface area contributed by atoms with E-state index >= 15 is 0 Å². The summed E-state index contributed by atoms with van der Waals surface area (Å²) in [5.74, 6) is 2.72. The lowest BCUT2D eigenvalue weighted by Crippen LogP contribution is -2.24. The zero-order valence-electron chi connectivity index (χ0n) is 12.5. The lowest BCUT2D eigenvalue weighted by Gasteiger charge is -2.23. The number of aryl methyl sites for hydroxylation is 1. The van der Waals surface area contributed by atoms with Gasteiger partial charge in [-0.25, -0.2) is 4.98 Å². The van der Waals surface area contributed by atoms with E-state index in [0.717, 1.165) is 35.5 Å². The van der Waals surface area contributed by atoms with Crippen LogP contribution < -0.4 is 4.90 Å². The van der Waals surface area contributed by atoms with Gasteiger partial charge in [0.05, 0.1) is 6.04 Å². The van der Waals surface area contributed by atoms with E-state index in [1.54, 1.807) is 0 Å². The van der Waals surface area contributed by atoms with Crippen molar-refractivity contribution in [2.24, 2.45) is 0 Å². The topological polar surface area (TPSA) is 55.1 Å². The fourth-order valence-electron chi connectivity index (χ4n) is 2.61. The lowest BCUT2D eigenvalue weighted by molar-refractivity contribution is 0.358. The fourth-order valence-corrected chi connectivity index (χ4v) is 2.82. The summed E-state index contributed by atoms with van der Waals surface area (Å²) in [6.07, 6.45) is 4.01. The number of pyridine rings is 1. The van der Waals surface area contributed by atoms with Crippen molar-refractivity contribution in [2.75, 3.05) is 11.4 Å². The Balaban J connectivity index is 1.89. The molecule has 0 spiro atoms. The molecule has 0 N–H and O–H groups in total. The van der Waals surface area contributed by atoms with Crippen LogP contribution in [0.15, 0.2) is 21.3 Å². The van der Waals surface area contributed by atoms with Gasteiger partial charge in [-0.15, -0.1) is 0 Å². The van der Waals surface area contributed by atoms with E-state index in [0.29, 0.717) is 5.89 Å². The van der Waals surface area contributed by atoms with Crippen molar-refractivity contribution in [3.05, 3.63) is 34.0 Å². The van der Waals surface area contributed by atoms with Gasteiger partial charge in [-0.3, -0.25) is 0 Å². The molecule has 2 aromatic heterocycles. The smallest absolute Gasteiger partial charge is 0.229 e. The van der Waals surface area contributed by atoms with Crippen LogP contribution in [-0.4, -0.2) is 21.7 Å². The Bertz CT molecular complexity index is 640. The van der Waals surface area contributed by atoms with Gasteiger partial charge in [-0.2, -0.15) is 4.98 Å². The highest BCUT2D eigenvalue weighted by molar-refractivity contribution is 9.10. The van der Waals surface area contributed by atoms with Gasteiger partial charge < -0.3 is 9.42 Å². The second kappa shape index (κ2) is 5.75. The number of aromatic nitrogens is 3. The first kappa shape index (κ1) is 14.5. The minimum absolute atomic E-state index is 0.161. The molecule has 21 heavy (non-hydrogen) atoms. The highest BCUT2D eigenvalue weighted by atomic mass is 79.9. The summed E-state index contributed by atoms with van der Waals surface area (Å²) in [6.45, 7) is 7.17. The molecule has 0 radical (unpaired) electrons. The van der Waals surface area contributed by atoms with E-state index in [1.165, 1.54) is 5.56 Å². The van der Waals surface area contributed by atoms with Crippen molar-refractivity contribution in [2.45, 2.75) is 45.6 Å². The van der Waals surface area contributed by atoms with E-state index in [1.807, 2.05) is 6.20 Å². The summed E-state index contributed by atoms with van der Waals surface area (Å²) in [4.78, 5) is 11.4. The molecular weight excluding hydrogens is 332 g/mol. The number of hydrogen-bond donors (Lipinski definition) is 0. The van der Waals surface area contributed by atoms with E-state index in [9.17, 15) is 0 Å². The minimum Gasteiger partial charge on any atom is -0.346 e. The third-order valence-electron chi connectivity index (χ3n) is 3.83. The average Bonchev–Trinajstić information content (AvgIpc) is 3.09. The molecule has 112 valence electrons. The Morgan fingerprint density at radius 2 is 2.24 bits per heavy atom. The summed E-state index contributed by atoms with van der Waals surface area (Å²) >= 11 is 3.50. The molecule has 1 saturated heterocycles. The van der Waals surface area contributed by atoms with Crippen molar-refractivity contribution >= 4 is 21.7 Å². The highest BCUT2D eigenvalue weighted by Crippen LogP contribution is 2.35. The molecule has 0 saturated carbocycles. The molecule has 1 atom stereocenters. The van der Waals surface area contributed by atoms with Gasteiger partial charge in [0, 0.05) is 23.1 Å². The molecule has 2 aromatic rings. The van der Waals surface area contributed by atoms with Gasteiger partial charge in [0.15, 0.2) is 5.82 Å². The maximum absolute atomic E-state index is 5.35. The monoisotopic (exact) mass is 350 g/mol. The van der Waals surface area contributed by atoms with Crippen LogP contribution in [-0.2, 0) is 0 Å². The van der Waals surface area contributed by atoms with Crippen LogP contribution in [0.5, 0.6) is 0 Å². The second-order valence-corrected chi connectivity index (χ2v) is 6.64. The van der Waals surface area contributed by atoms with Gasteiger partial charge in [0.1, 0.15) is 5.82 Å². The Morgan fingerprint density at radius 3 is 2.90 bits per heavy atom. The predicted molar refractivity (Wildman–Crippen MR) is 84.4 cm³/mol. The third kappa shape index (κ3) is 2.81. The molecule has 0 aliphatic carbocycles. The molecule has 1 aliphatic rings. The second-order valence-electron chi connectivity index (χ2n) is 5.79. The molecule has 1 fully saturated rings. The Morgan fingerprint density at radius 1 is 1.43 bits per heavy atom. The van der Waals surface area contributed by atoms with Crippen LogP contribution in [0.1, 0.15) is 55.9 Å². The van der Waals surface area contributed by atoms with Crippen LogP contribution >= 0.6 is 15.9 Å². The molecule has 0 bridgehead atoms. The van der Waals surface area contributed by atoms with Gasteiger partial charge in [0.2, 0.25) is 5.89 Å². The van der Waals surface area contributed by atoms with Crippen molar-refractivity contribution in [3.8, 4) is 0 Å². The zero-order valence-corrected chi connectivity index (χ0v) is 14.1.